The molecule has 0 fully saturated rings. The molecule has 1 aliphatic heterocycles. The summed E-state index contributed by atoms with van der Waals surface area (Å²) in [5.41, 5.74) is 1.63. The van der Waals surface area contributed by atoms with Crippen LogP contribution in [0.15, 0.2) is 61.2 Å². The summed E-state index contributed by atoms with van der Waals surface area (Å²) in [6.45, 7) is 3.80. The molecule has 9 heteroatoms. The summed E-state index contributed by atoms with van der Waals surface area (Å²) in [4.78, 5) is 32.2. The summed E-state index contributed by atoms with van der Waals surface area (Å²) >= 11 is 6.28. The SMILES string of the molecule is CCOC(=O)C1=C(C)N=c2s/c(=C\c3ccc(OC)c(Br)c3)c(=O)n2[C@@H]1c1cccs1. The zero-order valence-corrected chi connectivity index (χ0v) is 20.3. The maximum Gasteiger partial charge on any atom is 0.338 e. The predicted octanol–water partition coefficient (Wildman–Crippen LogP) is 3.63. The summed E-state index contributed by atoms with van der Waals surface area (Å²) in [7, 11) is 1.60. The number of allylic oxidation sites excluding steroid dienone is 1. The number of hydrogen-bond acceptors (Lipinski definition) is 7. The van der Waals surface area contributed by atoms with Crippen LogP contribution in [0.25, 0.3) is 6.08 Å². The van der Waals surface area contributed by atoms with Crippen LogP contribution in [0.4, 0.5) is 0 Å². The van der Waals surface area contributed by atoms with Crippen molar-refractivity contribution >= 4 is 50.6 Å². The number of rotatable bonds is 5. The van der Waals surface area contributed by atoms with Gasteiger partial charge in [0, 0.05) is 4.88 Å². The van der Waals surface area contributed by atoms with Gasteiger partial charge in [-0.25, -0.2) is 9.79 Å². The molecule has 160 valence electrons. The fourth-order valence-corrected chi connectivity index (χ4v) is 5.86. The molecule has 1 atom stereocenters. The van der Waals surface area contributed by atoms with E-state index in [4.69, 9.17) is 9.47 Å². The number of nitrogens with zero attached hydrogens (tertiary/aromatic N) is 2. The first-order valence-electron chi connectivity index (χ1n) is 9.51. The van der Waals surface area contributed by atoms with Gasteiger partial charge >= 0.3 is 5.97 Å². The Bertz CT molecular complexity index is 1350. The van der Waals surface area contributed by atoms with E-state index in [1.54, 1.807) is 25.5 Å². The molecule has 2 aromatic heterocycles. The first-order valence-corrected chi connectivity index (χ1v) is 12.0. The van der Waals surface area contributed by atoms with Crippen LogP contribution in [0.1, 0.15) is 30.3 Å². The van der Waals surface area contributed by atoms with Crippen LogP contribution in [0, 0.1) is 0 Å². The summed E-state index contributed by atoms with van der Waals surface area (Å²) < 4.78 is 13.5. The molecule has 0 saturated carbocycles. The van der Waals surface area contributed by atoms with E-state index in [1.165, 1.54) is 22.7 Å². The molecule has 3 aromatic rings. The van der Waals surface area contributed by atoms with Gasteiger partial charge in [0.1, 0.15) is 11.8 Å². The van der Waals surface area contributed by atoms with Gasteiger partial charge in [-0.05, 0) is 65.0 Å². The number of thiophene rings is 1. The molecule has 0 unspecified atom stereocenters. The normalized spacial score (nSPS) is 16.1. The fraction of sp³-hybridized carbons (Fsp3) is 0.227. The molecular weight excluding hydrogens is 500 g/mol. The standard InChI is InChI=1S/C22H19BrN2O4S2/c1-4-29-21(27)18-12(2)24-22-25(19(18)16-6-5-9-30-16)20(26)17(31-22)11-13-7-8-15(28-3)14(23)10-13/h5-11,19H,4H2,1-3H3/b17-11-/t19-/m1/s1. The lowest BCUT2D eigenvalue weighted by atomic mass is 10.0. The molecule has 3 heterocycles. The second-order valence-electron chi connectivity index (χ2n) is 6.71. The van der Waals surface area contributed by atoms with Crippen molar-refractivity contribution in [2.45, 2.75) is 19.9 Å². The van der Waals surface area contributed by atoms with Gasteiger partial charge in [-0.3, -0.25) is 9.36 Å². The smallest absolute Gasteiger partial charge is 0.338 e. The van der Waals surface area contributed by atoms with Crippen LogP contribution in [-0.2, 0) is 9.53 Å². The number of thiazole rings is 1. The average molecular weight is 519 g/mol. The lowest BCUT2D eigenvalue weighted by Gasteiger charge is -2.23. The van der Waals surface area contributed by atoms with Crippen LogP contribution in [-0.4, -0.2) is 24.3 Å². The van der Waals surface area contributed by atoms with Gasteiger partial charge in [-0.15, -0.1) is 11.3 Å². The summed E-state index contributed by atoms with van der Waals surface area (Å²) in [5.74, 6) is 0.265. The molecule has 0 amide bonds. The summed E-state index contributed by atoms with van der Waals surface area (Å²) in [6, 6.07) is 8.88. The minimum absolute atomic E-state index is 0.191. The van der Waals surface area contributed by atoms with Crippen LogP contribution in [0.5, 0.6) is 5.75 Å². The van der Waals surface area contributed by atoms with Crippen LogP contribution in [0.3, 0.4) is 0 Å². The molecule has 1 aromatic carbocycles. The van der Waals surface area contributed by atoms with Crippen molar-refractivity contribution in [1.29, 1.82) is 0 Å². The van der Waals surface area contributed by atoms with Crippen LogP contribution in [0.2, 0.25) is 0 Å². The first kappa shape index (κ1) is 21.7. The van der Waals surface area contributed by atoms with Crippen LogP contribution >= 0.6 is 38.6 Å². The van der Waals surface area contributed by atoms with Gasteiger partial charge < -0.3 is 9.47 Å². The van der Waals surface area contributed by atoms with Crippen molar-refractivity contribution in [3.63, 3.8) is 0 Å². The van der Waals surface area contributed by atoms with Crippen molar-refractivity contribution in [3.8, 4) is 5.75 Å². The highest BCUT2D eigenvalue weighted by molar-refractivity contribution is 9.10. The van der Waals surface area contributed by atoms with Crippen molar-refractivity contribution in [1.82, 2.24) is 4.57 Å². The third-order valence-electron chi connectivity index (χ3n) is 4.80. The molecule has 31 heavy (non-hydrogen) atoms. The van der Waals surface area contributed by atoms with E-state index in [-0.39, 0.29) is 12.2 Å². The Balaban J connectivity index is 1.91. The largest absolute Gasteiger partial charge is 0.496 e. The molecule has 6 nitrogen and oxygen atoms in total. The number of carbonyl (C=O) groups excluding carboxylic acids is 1. The monoisotopic (exact) mass is 518 g/mol. The molecule has 0 spiro atoms. The first-order chi connectivity index (χ1) is 14.9. The summed E-state index contributed by atoms with van der Waals surface area (Å²) in [5, 5.41) is 1.93. The second kappa shape index (κ2) is 8.94. The quantitative estimate of drug-likeness (QED) is 0.483. The molecule has 0 aliphatic carbocycles. The average Bonchev–Trinajstić information content (AvgIpc) is 3.36. The van der Waals surface area contributed by atoms with Crippen molar-refractivity contribution < 1.29 is 14.3 Å². The Labute approximate surface area is 194 Å². The number of methoxy groups -OCH3 is 1. The number of fused-ring (bicyclic) bond motifs is 1. The third kappa shape index (κ3) is 4.05. The van der Waals surface area contributed by atoms with Gasteiger partial charge in [0.15, 0.2) is 4.80 Å². The minimum atomic E-state index is -0.556. The Morgan fingerprint density at radius 1 is 1.35 bits per heavy atom. The Morgan fingerprint density at radius 3 is 2.81 bits per heavy atom. The molecular formula is C22H19BrN2O4S2. The van der Waals surface area contributed by atoms with E-state index in [1.807, 2.05) is 41.8 Å². The van der Waals surface area contributed by atoms with E-state index >= 15 is 0 Å². The summed E-state index contributed by atoms with van der Waals surface area (Å²) in [6.07, 6.45) is 1.82. The number of carbonyl (C=O) groups is 1. The van der Waals surface area contributed by atoms with Crippen LogP contribution < -0.4 is 19.6 Å². The van der Waals surface area contributed by atoms with E-state index in [0.717, 1.165) is 14.9 Å². The maximum absolute atomic E-state index is 13.4. The molecule has 0 N–H and O–H groups in total. The highest BCUT2D eigenvalue weighted by Gasteiger charge is 2.33. The molecule has 0 radical (unpaired) electrons. The van der Waals surface area contributed by atoms with Gasteiger partial charge in [-0.2, -0.15) is 0 Å². The van der Waals surface area contributed by atoms with Crippen molar-refractivity contribution in [2.75, 3.05) is 13.7 Å². The molecule has 1 aliphatic rings. The second-order valence-corrected chi connectivity index (χ2v) is 9.55. The molecule has 0 saturated heterocycles. The van der Waals surface area contributed by atoms with Gasteiger partial charge in [-0.1, -0.05) is 23.5 Å². The topological polar surface area (TPSA) is 69.9 Å². The lowest BCUT2D eigenvalue weighted by Crippen LogP contribution is -2.39. The van der Waals surface area contributed by atoms with Gasteiger partial charge in [0.25, 0.3) is 5.56 Å². The molecule has 0 bridgehead atoms. The van der Waals surface area contributed by atoms with E-state index in [9.17, 15) is 9.59 Å². The zero-order valence-electron chi connectivity index (χ0n) is 17.0. The highest BCUT2D eigenvalue weighted by Crippen LogP contribution is 2.33. The predicted molar refractivity (Wildman–Crippen MR) is 125 cm³/mol. The minimum Gasteiger partial charge on any atom is -0.496 e. The number of esters is 1. The maximum atomic E-state index is 13.4. The Kier molecular flexibility index (Phi) is 6.27. The zero-order chi connectivity index (χ0) is 22.1. The van der Waals surface area contributed by atoms with E-state index in [2.05, 4.69) is 20.9 Å². The Hall–Kier alpha value is -2.49. The van der Waals surface area contributed by atoms with Gasteiger partial charge in [0.05, 0.1) is 34.0 Å². The van der Waals surface area contributed by atoms with Gasteiger partial charge in [0.2, 0.25) is 0 Å². The van der Waals surface area contributed by atoms with Crippen molar-refractivity contribution in [3.05, 3.63) is 81.6 Å². The number of benzene rings is 1. The number of aromatic nitrogens is 1. The van der Waals surface area contributed by atoms with E-state index in [0.29, 0.717) is 26.4 Å². The number of halogens is 1. The third-order valence-corrected chi connectivity index (χ3v) is 7.33. The number of hydrogen-bond donors (Lipinski definition) is 0. The number of ether oxygens (including phenoxy) is 2. The van der Waals surface area contributed by atoms with E-state index < -0.39 is 12.0 Å². The fourth-order valence-electron chi connectivity index (χ4n) is 3.43. The lowest BCUT2D eigenvalue weighted by molar-refractivity contribution is -0.139. The Morgan fingerprint density at radius 2 is 2.16 bits per heavy atom. The van der Waals surface area contributed by atoms with Crippen molar-refractivity contribution in [2.24, 2.45) is 4.99 Å². The highest BCUT2D eigenvalue weighted by atomic mass is 79.9. The molecule has 4 rings (SSSR count).